The molecule has 4 aliphatic rings. The van der Waals surface area contributed by atoms with Gasteiger partial charge in [-0.05, 0) is 61.2 Å². The second-order valence-corrected chi connectivity index (χ2v) is 19.1. The molecule has 1 heterocycles. The summed E-state index contributed by atoms with van der Waals surface area (Å²) in [4.78, 5) is 110. The lowest BCUT2D eigenvalue weighted by Gasteiger charge is -2.67. The normalized spacial score (nSPS) is 29.4. The van der Waals surface area contributed by atoms with Crippen molar-refractivity contribution < 1.29 is 82.1 Å². The Kier molecular flexibility index (Phi) is 14.5. The highest BCUT2D eigenvalue weighted by molar-refractivity contribution is 5.96. The number of benzene rings is 3. The van der Waals surface area contributed by atoms with Crippen molar-refractivity contribution in [3.8, 4) is 0 Å². The Morgan fingerprint density at radius 3 is 1.97 bits per heavy atom. The molecule has 0 radical (unpaired) electrons. The molecule has 2 saturated carbocycles. The lowest BCUT2D eigenvalue weighted by Crippen LogP contribution is -2.82. The van der Waals surface area contributed by atoms with Gasteiger partial charge in [0.1, 0.15) is 30.0 Å². The predicted octanol–water partition coefficient (Wildman–Crippen LogP) is 4.54. The highest BCUT2D eigenvalue weighted by Crippen LogP contribution is 2.64. The van der Waals surface area contributed by atoms with Gasteiger partial charge in [-0.2, -0.15) is 0 Å². The molecular weight excluding hydrogens is 911 g/mol. The topological polar surface area (TPSA) is 265 Å². The number of nitrogens with one attached hydrogen (secondary N) is 1. The Hall–Kier alpha value is -6.76. The number of carboxylic acids is 1. The van der Waals surface area contributed by atoms with Crippen molar-refractivity contribution in [2.75, 3.05) is 6.61 Å². The number of carboxylic acid groups (broad SMARTS) is 1. The first kappa shape index (κ1) is 51.1. The van der Waals surface area contributed by atoms with E-state index in [1.54, 1.807) is 66.7 Å². The molecular formula is C52H57NO17. The Morgan fingerprint density at radius 1 is 0.814 bits per heavy atom. The highest BCUT2D eigenvalue weighted by atomic mass is 16.6. The van der Waals surface area contributed by atoms with Crippen LogP contribution >= 0.6 is 0 Å². The summed E-state index contributed by atoms with van der Waals surface area (Å²) in [7, 11) is 0. The van der Waals surface area contributed by atoms with E-state index in [0.29, 0.717) is 0 Å². The number of hydrogen-bond acceptors (Lipinski definition) is 16. The first-order valence-corrected chi connectivity index (χ1v) is 23.0. The average Bonchev–Trinajstić information content (AvgIpc) is 3.31. The van der Waals surface area contributed by atoms with Crippen LogP contribution < -0.4 is 5.32 Å². The molecule has 1 aliphatic heterocycles. The van der Waals surface area contributed by atoms with Crippen molar-refractivity contribution in [3.05, 3.63) is 119 Å². The molecule has 3 fully saturated rings. The van der Waals surface area contributed by atoms with Crippen molar-refractivity contribution >= 4 is 47.5 Å². The van der Waals surface area contributed by atoms with E-state index in [0.717, 1.165) is 13.8 Å². The van der Waals surface area contributed by atoms with Gasteiger partial charge in [0.15, 0.2) is 17.5 Å². The monoisotopic (exact) mass is 967 g/mol. The quantitative estimate of drug-likeness (QED) is 0.0925. The summed E-state index contributed by atoms with van der Waals surface area (Å²) in [6.07, 6.45) is -12.0. The van der Waals surface area contributed by atoms with Crippen molar-refractivity contribution in [2.45, 2.75) is 128 Å². The van der Waals surface area contributed by atoms with Gasteiger partial charge in [0.25, 0.3) is 5.91 Å². The van der Waals surface area contributed by atoms with Crippen LogP contribution in [0.3, 0.4) is 0 Å². The van der Waals surface area contributed by atoms with Crippen LogP contribution in [0.1, 0.15) is 106 Å². The first-order chi connectivity index (χ1) is 33.1. The second-order valence-electron chi connectivity index (χ2n) is 19.1. The zero-order chi connectivity index (χ0) is 50.9. The molecule has 4 N–H and O–H groups in total. The number of carbonyl (C=O) groups is 8. The van der Waals surface area contributed by atoms with Gasteiger partial charge in [0.2, 0.25) is 6.10 Å². The molecule has 70 heavy (non-hydrogen) atoms. The Labute approximate surface area is 403 Å². The van der Waals surface area contributed by atoms with E-state index in [-0.39, 0.29) is 47.3 Å². The van der Waals surface area contributed by atoms with E-state index < -0.39 is 137 Å². The molecule has 0 aromatic heterocycles. The van der Waals surface area contributed by atoms with Crippen LogP contribution in [0, 0.1) is 16.7 Å². The van der Waals surface area contributed by atoms with Crippen LogP contribution in [0.4, 0.5) is 0 Å². The van der Waals surface area contributed by atoms with Crippen LogP contribution in [-0.2, 0) is 57.2 Å². The molecule has 2 bridgehead atoms. The van der Waals surface area contributed by atoms with Crippen LogP contribution in [0.25, 0.3) is 0 Å². The van der Waals surface area contributed by atoms with Gasteiger partial charge >= 0.3 is 35.8 Å². The van der Waals surface area contributed by atoms with Gasteiger partial charge in [-0.25, -0.2) is 9.59 Å². The Balaban J connectivity index is 1.41. The largest absolute Gasteiger partial charge is 0.481 e. The minimum Gasteiger partial charge on any atom is -0.481 e. The number of esters is 5. The van der Waals surface area contributed by atoms with Gasteiger partial charge in [0, 0.05) is 50.5 Å². The molecule has 1 unspecified atom stereocenters. The van der Waals surface area contributed by atoms with Crippen LogP contribution in [0.15, 0.2) is 102 Å². The molecule has 372 valence electrons. The van der Waals surface area contributed by atoms with E-state index >= 15 is 9.59 Å². The van der Waals surface area contributed by atoms with Crippen molar-refractivity contribution in [1.82, 2.24) is 5.32 Å². The van der Waals surface area contributed by atoms with E-state index in [4.69, 9.17) is 28.4 Å². The number of aliphatic carboxylic acids is 1. The van der Waals surface area contributed by atoms with Gasteiger partial charge in [-0.15, -0.1) is 0 Å². The number of fused-ring (bicyclic) bond motifs is 5. The third kappa shape index (κ3) is 9.34. The predicted molar refractivity (Wildman–Crippen MR) is 243 cm³/mol. The van der Waals surface area contributed by atoms with Crippen molar-refractivity contribution in [1.29, 1.82) is 0 Å². The smallest absolute Gasteiger partial charge is 0.350 e. The lowest BCUT2D eigenvalue weighted by atomic mass is 9.44. The number of carbonyl (C=O) groups excluding carboxylic acids is 7. The zero-order valence-electron chi connectivity index (χ0n) is 39.6. The Bertz CT molecular complexity index is 2560. The lowest BCUT2D eigenvalue weighted by molar-refractivity contribution is -0.346. The summed E-state index contributed by atoms with van der Waals surface area (Å²) in [5, 5.41) is 38.1. The third-order valence-electron chi connectivity index (χ3n) is 14.5. The standard InChI is InChI=1S/C52H57NO17/c1-28-34(67-48(63)42(68-38(59)24-16-23-37(57)58)40(31-17-10-7-11-18-31)53-46(61)32-19-12-8-13-20-32)26-52(64)45(69-47(62)33-21-14-9-15-22-33)43-50(6,35(56)25-36-51(43,27-65-36)70-30(3)55)44(60)41(66-29(2)54)39(28)49(52,4)5/h7-15,17-22,34-36,40-43,45,56,64H,16,23-27H2,1-6H3,(H,53,61)(H,57,58)/t34-,35-,36+,40-,41+,42+,43?,45-,50+,51-,52+/m0/s1. The number of ketones is 1. The summed E-state index contributed by atoms with van der Waals surface area (Å²) in [6, 6.07) is 22.3. The summed E-state index contributed by atoms with van der Waals surface area (Å²) < 4.78 is 36.5. The second kappa shape index (κ2) is 19.9. The fourth-order valence-corrected chi connectivity index (χ4v) is 10.9. The van der Waals surface area contributed by atoms with E-state index in [9.17, 15) is 44.1 Å². The molecule has 1 amide bonds. The maximum absolute atomic E-state index is 15.7. The van der Waals surface area contributed by atoms with E-state index in [1.807, 2.05) is 0 Å². The zero-order valence-corrected chi connectivity index (χ0v) is 39.6. The minimum absolute atomic E-state index is 0.0272. The van der Waals surface area contributed by atoms with E-state index in [2.05, 4.69) is 5.32 Å². The molecule has 18 heteroatoms. The van der Waals surface area contributed by atoms with Crippen LogP contribution in [0.2, 0.25) is 0 Å². The van der Waals surface area contributed by atoms with Gasteiger partial charge in [-0.1, -0.05) is 80.6 Å². The van der Waals surface area contributed by atoms with E-state index in [1.165, 1.54) is 52.0 Å². The van der Waals surface area contributed by atoms with Crippen molar-refractivity contribution in [2.24, 2.45) is 16.7 Å². The SMILES string of the molecule is CC(=O)O[C@H]1C(=O)[C@@]2(C)C([C@H](OC(=O)c3ccccc3)[C@]3(O)C[C@H](OC(=O)[C@H](OC(=O)CCCC(=O)O)[C@@H](NC(=O)c4ccccc4)c4ccccc4)C(C)=C1C3(C)C)[C@]1(OC(C)=O)CO[C@@H]1C[C@@H]2O. The minimum atomic E-state index is -2.49. The number of amides is 1. The molecule has 3 aliphatic carbocycles. The van der Waals surface area contributed by atoms with Gasteiger partial charge in [0.05, 0.1) is 29.6 Å². The average molecular weight is 968 g/mol. The number of aliphatic hydroxyl groups is 2. The third-order valence-corrected chi connectivity index (χ3v) is 14.5. The molecule has 11 atom stereocenters. The summed E-state index contributed by atoms with van der Waals surface area (Å²) >= 11 is 0. The summed E-state index contributed by atoms with van der Waals surface area (Å²) in [5.74, 6) is -9.41. The van der Waals surface area contributed by atoms with Crippen LogP contribution in [0.5, 0.6) is 0 Å². The number of hydrogen-bond donors (Lipinski definition) is 4. The molecule has 7 rings (SSSR count). The van der Waals surface area contributed by atoms with Gasteiger partial charge < -0.3 is 49.1 Å². The first-order valence-electron chi connectivity index (χ1n) is 23.0. The molecule has 1 saturated heterocycles. The Morgan fingerprint density at radius 2 is 1.41 bits per heavy atom. The molecule has 0 spiro atoms. The number of aliphatic hydroxyl groups excluding tert-OH is 1. The molecule has 18 nitrogen and oxygen atoms in total. The number of rotatable bonds is 15. The van der Waals surface area contributed by atoms with Crippen LogP contribution in [-0.4, -0.2) is 117 Å². The molecule has 3 aromatic rings. The highest BCUT2D eigenvalue weighted by Gasteiger charge is 2.78. The summed E-state index contributed by atoms with van der Waals surface area (Å²) in [6.45, 7) is 7.73. The fraction of sp³-hybridized carbons (Fsp3) is 0.462. The van der Waals surface area contributed by atoms with Gasteiger partial charge in [-0.3, -0.25) is 28.8 Å². The molecule has 3 aromatic carbocycles. The fourth-order valence-electron chi connectivity index (χ4n) is 10.9. The maximum atomic E-state index is 15.7. The number of ether oxygens (including phenoxy) is 6. The maximum Gasteiger partial charge on any atom is 0.350 e. The summed E-state index contributed by atoms with van der Waals surface area (Å²) in [5.41, 5.74) is -7.67. The van der Waals surface area contributed by atoms with Crippen molar-refractivity contribution in [3.63, 3.8) is 0 Å². The number of Topliss-reactive ketones (excluding diaryl/α,β-unsaturated/α-hetero) is 1.